The van der Waals surface area contributed by atoms with Gasteiger partial charge in [0.15, 0.2) is 5.78 Å². The molecule has 0 spiro atoms. The van der Waals surface area contributed by atoms with E-state index in [9.17, 15) is 4.79 Å². The number of aromatic nitrogens is 1. The topological polar surface area (TPSA) is 30.0 Å². The number of carbonyl (C=O) groups is 1. The molecule has 2 aromatic rings. The highest BCUT2D eigenvalue weighted by atomic mass is 16.1. The molecule has 1 aromatic carbocycles. The third-order valence-corrected chi connectivity index (χ3v) is 2.26. The van der Waals surface area contributed by atoms with E-state index in [-0.39, 0.29) is 5.78 Å². The molecule has 1 heterocycles. The lowest BCUT2D eigenvalue weighted by Crippen LogP contribution is -1.91. The van der Waals surface area contributed by atoms with E-state index in [1.165, 1.54) is 0 Å². The van der Waals surface area contributed by atoms with Gasteiger partial charge >= 0.3 is 0 Å². The van der Waals surface area contributed by atoms with Crippen molar-refractivity contribution >= 4 is 16.6 Å². The molecule has 0 bridgehead atoms. The molecule has 0 amide bonds. The Morgan fingerprint density at radius 3 is 2.71 bits per heavy atom. The molecule has 0 fully saturated rings. The van der Waals surface area contributed by atoms with Crippen molar-refractivity contribution in [1.82, 2.24) is 4.98 Å². The molecule has 70 valence electrons. The van der Waals surface area contributed by atoms with Gasteiger partial charge in [0, 0.05) is 22.8 Å². The van der Waals surface area contributed by atoms with Gasteiger partial charge in [0.05, 0.1) is 0 Å². The first kappa shape index (κ1) is 8.88. The zero-order valence-electron chi connectivity index (χ0n) is 8.24. The summed E-state index contributed by atoms with van der Waals surface area (Å²) in [6.45, 7) is 3.52. The van der Waals surface area contributed by atoms with E-state index in [0.29, 0.717) is 0 Å². The summed E-state index contributed by atoms with van der Waals surface area (Å²) in [5.41, 5.74) is 1.72. The lowest BCUT2D eigenvalue weighted by Gasteiger charge is -2.00. The minimum absolute atomic E-state index is 0.0985. The highest BCUT2D eigenvalue weighted by molar-refractivity contribution is 5.98. The number of hydrogen-bond donors (Lipinski definition) is 0. The molecule has 2 nitrogen and oxygen atoms in total. The summed E-state index contributed by atoms with van der Waals surface area (Å²) in [5, 5.41) is 2.14. The van der Waals surface area contributed by atoms with Crippen molar-refractivity contribution in [3.8, 4) is 0 Å². The summed E-state index contributed by atoms with van der Waals surface area (Å²) in [4.78, 5) is 15.4. The highest BCUT2D eigenvalue weighted by Crippen LogP contribution is 2.16. The van der Waals surface area contributed by atoms with Crippen LogP contribution < -0.4 is 0 Å². The largest absolute Gasteiger partial charge is 0.295 e. The van der Waals surface area contributed by atoms with Crippen LogP contribution in [0.5, 0.6) is 0 Å². The second-order valence-corrected chi connectivity index (χ2v) is 3.44. The maximum Gasteiger partial charge on any atom is 0.159 e. The quantitative estimate of drug-likeness (QED) is 0.639. The van der Waals surface area contributed by atoms with Crippen LogP contribution in [-0.2, 0) is 0 Å². The fourth-order valence-electron chi connectivity index (χ4n) is 1.47. The second kappa shape index (κ2) is 3.22. The summed E-state index contributed by atoms with van der Waals surface area (Å²) < 4.78 is 0. The zero-order valence-corrected chi connectivity index (χ0v) is 8.24. The zero-order chi connectivity index (χ0) is 10.1. The number of nitrogens with zero attached hydrogens (tertiary/aromatic N) is 1. The molecule has 0 N–H and O–H groups in total. The Balaban J connectivity index is 2.69. The van der Waals surface area contributed by atoms with Crippen LogP contribution in [0.4, 0.5) is 0 Å². The van der Waals surface area contributed by atoms with E-state index >= 15 is 0 Å². The van der Waals surface area contributed by atoms with Gasteiger partial charge in [0.1, 0.15) is 0 Å². The molecule has 0 saturated carbocycles. The first-order valence-electron chi connectivity index (χ1n) is 4.54. The van der Waals surface area contributed by atoms with Crippen molar-refractivity contribution in [3.63, 3.8) is 0 Å². The van der Waals surface area contributed by atoms with E-state index in [0.717, 1.165) is 22.0 Å². The molecule has 0 saturated heterocycles. The van der Waals surface area contributed by atoms with E-state index in [1.807, 2.05) is 37.4 Å². The number of hydrogen-bond acceptors (Lipinski definition) is 2. The number of benzene rings is 1. The summed E-state index contributed by atoms with van der Waals surface area (Å²) >= 11 is 0. The van der Waals surface area contributed by atoms with Crippen LogP contribution in [0.1, 0.15) is 23.0 Å². The van der Waals surface area contributed by atoms with E-state index in [2.05, 4.69) is 4.98 Å². The molecular formula is C12H11NO. The number of Topliss-reactive ketones (excluding diaryl/α,β-unsaturated/α-hetero) is 1. The molecule has 0 radical (unpaired) electrons. The summed E-state index contributed by atoms with van der Waals surface area (Å²) in [6.07, 6.45) is 1.83. The van der Waals surface area contributed by atoms with Crippen LogP contribution in [0.3, 0.4) is 0 Å². The van der Waals surface area contributed by atoms with Crippen LogP contribution in [0.2, 0.25) is 0 Å². The number of rotatable bonds is 1. The van der Waals surface area contributed by atoms with Gasteiger partial charge in [-0.25, -0.2) is 0 Å². The van der Waals surface area contributed by atoms with Crippen molar-refractivity contribution in [3.05, 3.63) is 41.7 Å². The minimum Gasteiger partial charge on any atom is -0.295 e. The Labute approximate surface area is 82.6 Å². The third-order valence-electron chi connectivity index (χ3n) is 2.26. The van der Waals surface area contributed by atoms with Gasteiger partial charge in [0.2, 0.25) is 0 Å². The maximum absolute atomic E-state index is 11.2. The summed E-state index contributed by atoms with van der Waals surface area (Å²) in [7, 11) is 0. The molecule has 1 aromatic heterocycles. The number of fused-ring (bicyclic) bond motifs is 1. The Bertz CT molecular complexity index is 503. The minimum atomic E-state index is 0.0985. The average molecular weight is 185 g/mol. The maximum atomic E-state index is 11.2. The van der Waals surface area contributed by atoms with Crippen LogP contribution in [-0.4, -0.2) is 10.8 Å². The lowest BCUT2D eigenvalue weighted by molar-refractivity contribution is 0.101. The van der Waals surface area contributed by atoms with Crippen molar-refractivity contribution < 1.29 is 4.79 Å². The van der Waals surface area contributed by atoms with Crippen LogP contribution in [0.25, 0.3) is 10.8 Å². The van der Waals surface area contributed by atoms with Crippen LogP contribution >= 0.6 is 0 Å². The molecule has 2 rings (SSSR count). The van der Waals surface area contributed by atoms with Gasteiger partial charge in [-0.05, 0) is 31.4 Å². The van der Waals surface area contributed by atoms with Crippen LogP contribution in [0.15, 0.2) is 30.5 Å². The number of carbonyl (C=O) groups excluding carboxylic acids is 1. The average Bonchev–Trinajstić information content (AvgIpc) is 2.16. The molecule has 0 aliphatic rings. The second-order valence-electron chi connectivity index (χ2n) is 3.44. The molecule has 14 heavy (non-hydrogen) atoms. The monoisotopic (exact) mass is 185 g/mol. The SMILES string of the molecule is CC(=O)c1ccc2cnc(C)cc2c1. The molecule has 0 unspecified atom stereocenters. The number of ketones is 1. The van der Waals surface area contributed by atoms with Crippen molar-refractivity contribution in [2.45, 2.75) is 13.8 Å². The van der Waals surface area contributed by atoms with E-state index in [4.69, 9.17) is 0 Å². The van der Waals surface area contributed by atoms with Gasteiger partial charge in [-0.15, -0.1) is 0 Å². The number of pyridine rings is 1. The fourth-order valence-corrected chi connectivity index (χ4v) is 1.47. The first-order chi connectivity index (χ1) is 6.66. The standard InChI is InChI=1S/C12H11NO/c1-8-5-12-6-10(9(2)14)3-4-11(12)7-13-8/h3-7H,1-2H3. The van der Waals surface area contributed by atoms with Gasteiger partial charge in [-0.1, -0.05) is 12.1 Å². The highest BCUT2D eigenvalue weighted by Gasteiger charge is 2.00. The van der Waals surface area contributed by atoms with Crippen molar-refractivity contribution in [2.75, 3.05) is 0 Å². The van der Waals surface area contributed by atoms with Gasteiger partial charge in [-0.3, -0.25) is 9.78 Å². The Hall–Kier alpha value is -1.70. The first-order valence-corrected chi connectivity index (χ1v) is 4.54. The molecule has 2 heteroatoms. The number of aryl methyl sites for hydroxylation is 1. The lowest BCUT2D eigenvalue weighted by atomic mass is 10.1. The molecule has 0 aliphatic heterocycles. The van der Waals surface area contributed by atoms with Crippen molar-refractivity contribution in [2.24, 2.45) is 0 Å². The van der Waals surface area contributed by atoms with Crippen LogP contribution in [0, 0.1) is 6.92 Å². The van der Waals surface area contributed by atoms with Gasteiger partial charge in [-0.2, -0.15) is 0 Å². The van der Waals surface area contributed by atoms with Crippen molar-refractivity contribution in [1.29, 1.82) is 0 Å². The third kappa shape index (κ3) is 1.51. The summed E-state index contributed by atoms with van der Waals surface area (Å²) in [5.74, 6) is 0.0985. The molecular weight excluding hydrogens is 174 g/mol. The molecule has 0 atom stereocenters. The Morgan fingerprint density at radius 1 is 1.21 bits per heavy atom. The van der Waals surface area contributed by atoms with E-state index < -0.39 is 0 Å². The fraction of sp³-hybridized carbons (Fsp3) is 0.167. The summed E-state index contributed by atoms with van der Waals surface area (Å²) in [6, 6.07) is 7.66. The predicted molar refractivity (Wildman–Crippen MR) is 56.5 cm³/mol. The van der Waals surface area contributed by atoms with Gasteiger partial charge in [0.25, 0.3) is 0 Å². The molecule has 0 aliphatic carbocycles. The van der Waals surface area contributed by atoms with Gasteiger partial charge < -0.3 is 0 Å². The predicted octanol–water partition coefficient (Wildman–Crippen LogP) is 2.75. The Kier molecular flexibility index (Phi) is 2.04. The Morgan fingerprint density at radius 2 is 2.00 bits per heavy atom. The van der Waals surface area contributed by atoms with E-state index in [1.54, 1.807) is 6.92 Å². The smallest absolute Gasteiger partial charge is 0.159 e. The normalized spacial score (nSPS) is 10.4.